The van der Waals surface area contributed by atoms with E-state index in [4.69, 9.17) is 9.47 Å². The van der Waals surface area contributed by atoms with Gasteiger partial charge in [0, 0.05) is 37.4 Å². The Morgan fingerprint density at radius 1 is 1.15 bits per heavy atom. The van der Waals surface area contributed by atoms with E-state index in [2.05, 4.69) is 22.5 Å². The highest BCUT2D eigenvalue weighted by Crippen LogP contribution is 2.35. The summed E-state index contributed by atoms with van der Waals surface area (Å²) in [7, 11) is 0. The maximum atomic E-state index is 13.1. The van der Waals surface area contributed by atoms with Crippen molar-refractivity contribution in [1.29, 1.82) is 0 Å². The summed E-state index contributed by atoms with van der Waals surface area (Å²) in [6.07, 6.45) is 4.20. The van der Waals surface area contributed by atoms with Gasteiger partial charge >= 0.3 is 0 Å². The van der Waals surface area contributed by atoms with E-state index in [0.29, 0.717) is 32.9 Å². The van der Waals surface area contributed by atoms with Crippen LogP contribution in [0.5, 0.6) is 0 Å². The van der Waals surface area contributed by atoms with Gasteiger partial charge in [0.15, 0.2) is 0 Å². The predicted octanol–water partition coefficient (Wildman–Crippen LogP) is 1.82. The summed E-state index contributed by atoms with van der Waals surface area (Å²) in [5.41, 5.74) is 2.98. The smallest absolute Gasteiger partial charge is 0.230 e. The van der Waals surface area contributed by atoms with Gasteiger partial charge in [-0.15, -0.1) is 0 Å². The zero-order valence-electron chi connectivity index (χ0n) is 14.9. The van der Waals surface area contributed by atoms with E-state index in [1.165, 1.54) is 5.69 Å². The Labute approximate surface area is 153 Å². The van der Waals surface area contributed by atoms with Gasteiger partial charge in [-0.05, 0) is 18.4 Å². The summed E-state index contributed by atoms with van der Waals surface area (Å²) in [5, 5.41) is 7.60. The molecule has 2 aliphatic rings. The number of amides is 1. The van der Waals surface area contributed by atoms with Gasteiger partial charge in [0.1, 0.15) is 0 Å². The average Bonchev–Trinajstić information content (AvgIpc) is 3.12. The van der Waals surface area contributed by atoms with E-state index < -0.39 is 5.41 Å². The van der Waals surface area contributed by atoms with Crippen molar-refractivity contribution in [3.63, 3.8) is 0 Å². The van der Waals surface area contributed by atoms with Crippen LogP contribution in [-0.4, -0.2) is 42.1 Å². The Hall–Kier alpha value is -2.18. The lowest BCUT2D eigenvalue weighted by Gasteiger charge is -2.36. The van der Waals surface area contributed by atoms with Crippen LogP contribution in [0.15, 0.2) is 36.5 Å². The molecule has 0 saturated carbocycles. The van der Waals surface area contributed by atoms with Crippen LogP contribution in [0.4, 0.5) is 0 Å². The fraction of sp³-hybridized carbons (Fsp3) is 0.500. The first-order valence-electron chi connectivity index (χ1n) is 9.32. The van der Waals surface area contributed by atoms with Crippen LogP contribution in [0.1, 0.15) is 29.7 Å². The molecule has 0 aliphatic carbocycles. The van der Waals surface area contributed by atoms with Crippen LogP contribution in [0.3, 0.4) is 0 Å². The number of ether oxygens (including phenoxy) is 2. The molecule has 0 bridgehead atoms. The third-order valence-corrected chi connectivity index (χ3v) is 5.49. The standard InChI is InChI=1S/C20H25N3O3/c24-19(20(7-12-25-13-8-20)17-4-2-1-3-5-17)21-9-10-23-18-6-11-26-15-16(18)14-22-23/h1-5,14H,6-13,15H2,(H,21,24). The number of benzene rings is 1. The molecular weight excluding hydrogens is 330 g/mol. The summed E-state index contributed by atoms with van der Waals surface area (Å²) in [6, 6.07) is 10.1. The van der Waals surface area contributed by atoms with Crippen LogP contribution in [0.2, 0.25) is 0 Å². The fourth-order valence-corrected chi connectivity index (χ4v) is 3.97. The molecule has 6 heteroatoms. The minimum absolute atomic E-state index is 0.0938. The van der Waals surface area contributed by atoms with Crippen LogP contribution < -0.4 is 5.32 Å². The normalized spacial score (nSPS) is 18.9. The highest BCUT2D eigenvalue weighted by atomic mass is 16.5. The molecule has 138 valence electrons. The molecule has 1 aromatic heterocycles. The molecule has 0 atom stereocenters. The average molecular weight is 355 g/mol. The minimum atomic E-state index is -0.489. The summed E-state index contributed by atoms with van der Waals surface area (Å²) in [4.78, 5) is 13.1. The number of hydrogen-bond donors (Lipinski definition) is 1. The number of fused-ring (bicyclic) bond motifs is 1. The highest BCUT2D eigenvalue weighted by Gasteiger charge is 2.41. The lowest BCUT2D eigenvalue weighted by atomic mass is 9.73. The largest absolute Gasteiger partial charge is 0.381 e. The van der Waals surface area contributed by atoms with Crippen molar-refractivity contribution in [3.8, 4) is 0 Å². The zero-order valence-corrected chi connectivity index (χ0v) is 14.9. The third kappa shape index (κ3) is 3.27. The fourth-order valence-electron chi connectivity index (χ4n) is 3.97. The molecule has 3 heterocycles. The van der Waals surface area contributed by atoms with Crippen LogP contribution >= 0.6 is 0 Å². The molecule has 0 radical (unpaired) electrons. The van der Waals surface area contributed by atoms with Gasteiger partial charge in [-0.1, -0.05) is 30.3 Å². The molecule has 4 rings (SSSR count). The topological polar surface area (TPSA) is 65.4 Å². The van der Waals surface area contributed by atoms with Crippen molar-refractivity contribution < 1.29 is 14.3 Å². The molecular formula is C20H25N3O3. The van der Waals surface area contributed by atoms with Crippen molar-refractivity contribution in [2.75, 3.05) is 26.4 Å². The molecule has 0 unspecified atom stereocenters. The number of carbonyl (C=O) groups is 1. The second-order valence-corrected chi connectivity index (χ2v) is 6.96. The SMILES string of the molecule is O=C(NCCn1ncc2c1CCOC2)C1(c2ccccc2)CCOCC1. The number of rotatable bonds is 5. The van der Waals surface area contributed by atoms with Crippen molar-refractivity contribution in [3.05, 3.63) is 53.3 Å². The molecule has 1 amide bonds. The molecule has 1 N–H and O–H groups in total. The quantitative estimate of drug-likeness (QED) is 0.889. The zero-order chi connectivity index (χ0) is 17.8. The number of aromatic nitrogens is 2. The molecule has 2 aliphatic heterocycles. The van der Waals surface area contributed by atoms with Gasteiger partial charge < -0.3 is 14.8 Å². The second kappa shape index (κ2) is 7.60. The van der Waals surface area contributed by atoms with Gasteiger partial charge in [0.25, 0.3) is 0 Å². The maximum absolute atomic E-state index is 13.1. The maximum Gasteiger partial charge on any atom is 0.230 e. The molecule has 0 spiro atoms. The van der Waals surface area contributed by atoms with Crippen LogP contribution in [-0.2, 0) is 39.3 Å². The third-order valence-electron chi connectivity index (χ3n) is 5.49. The van der Waals surface area contributed by atoms with Crippen LogP contribution in [0.25, 0.3) is 0 Å². The van der Waals surface area contributed by atoms with Gasteiger partial charge in [-0.2, -0.15) is 5.10 Å². The van der Waals surface area contributed by atoms with Gasteiger partial charge in [0.05, 0.1) is 31.4 Å². The highest BCUT2D eigenvalue weighted by molar-refractivity contribution is 5.88. The molecule has 1 saturated heterocycles. The van der Waals surface area contributed by atoms with E-state index >= 15 is 0 Å². The number of carbonyl (C=O) groups excluding carboxylic acids is 1. The van der Waals surface area contributed by atoms with Gasteiger partial charge in [0.2, 0.25) is 5.91 Å². The summed E-state index contributed by atoms with van der Waals surface area (Å²) in [5.74, 6) is 0.0938. The number of nitrogens with zero attached hydrogens (tertiary/aromatic N) is 2. The van der Waals surface area contributed by atoms with E-state index in [1.807, 2.05) is 29.1 Å². The molecule has 1 aromatic carbocycles. The Balaban J connectivity index is 1.43. The monoisotopic (exact) mass is 355 g/mol. The molecule has 26 heavy (non-hydrogen) atoms. The Bertz CT molecular complexity index is 751. The first kappa shape index (κ1) is 17.2. The lowest BCUT2D eigenvalue weighted by molar-refractivity contribution is -0.130. The Morgan fingerprint density at radius 2 is 1.96 bits per heavy atom. The van der Waals surface area contributed by atoms with Gasteiger partial charge in [-0.3, -0.25) is 9.48 Å². The number of nitrogens with one attached hydrogen (secondary N) is 1. The predicted molar refractivity (Wildman–Crippen MR) is 96.8 cm³/mol. The van der Waals surface area contributed by atoms with E-state index in [0.717, 1.165) is 37.0 Å². The summed E-state index contributed by atoms with van der Waals surface area (Å²) < 4.78 is 13.0. The Morgan fingerprint density at radius 3 is 2.77 bits per heavy atom. The first-order chi connectivity index (χ1) is 12.8. The van der Waals surface area contributed by atoms with E-state index in [-0.39, 0.29) is 5.91 Å². The number of hydrogen-bond acceptors (Lipinski definition) is 4. The first-order valence-corrected chi connectivity index (χ1v) is 9.32. The summed E-state index contributed by atoms with van der Waals surface area (Å²) in [6.45, 7) is 3.87. The van der Waals surface area contributed by atoms with Crippen molar-refractivity contribution in [1.82, 2.24) is 15.1 Å². The second-order valence-electron chi connectivity index (χ2n) is 6.96. The summed E-state index contributed by atoms with van der Waals surface area (Å²) >= 11 is 0. The molecule has 6 nitrogen and oxygen atoms in total. The lowest BCUT2D eigenvalue weighted by Crippen LogP contribution is -2.48. The van der Waals surface area contributed by atoms with E-state index in [1.54, 1.807) is 0 Å². The Kier molecular flexibility index (Phi) is 5.04. The van der Waals surface area contributed by atoms with Crippen molar-refractivity contribution >= 4 is 5.91 Å². The van der Waals surface area contributed by atoms with Crippen LogP contribution in [0, 0.1) is 0 Å². The minimum Gasteiger partial charge on any atom is -0.381 e. The van der Waals surface area contributed by atoms with Crippen molar-refractivity contribution in [2.24, 2.45) is 0 Å². The van der Waals surface area contributed by atoms with Gasteiger partial charge in [-0.25, -0.2) is 0 Å². The molecule has 1 fully saturated rings. The van der Waals surface area contributed by atoms with Crippen molar-refractivity contribution in [2.45, 2.75) is 37.8 Å². The van der Waals surface area contributed by atoms with E-state index in [9.17, 15) is 4.79 Å². The molecule has 2 aromatic rings.